The molecule has 8 heteroatoms. The maximum Gasteiger partial charge on any atom is 0.191 e. The van der Waals surface area contributed by atoms with Crippen LogP contribution in [0.2, 0.25) is 0 Å². The molecule has 0 radical (unpaired) electrons. The van der Waals surface area contributed by atoms with Gasteiger partial charge in [-0.1, -0.05) is 19.9 Å². The summed E-state index contributed by atoms with van der Waals surface area (Å²) in [7, 11) is 0. The Morgan fingerprint density at radius 2 is 2.00 bits per heavy atom. The molecule has 0 unspecified atom stereocenters. The van der Waals surface area contributed by atoms with Crippen LogP contribution >= 0.6 is 35.3 Å². The lowest BCUT2D eigenvalue weighted by Crippen LogP contribution is -2.39. The maximum absolute atomic E-state index is 4.76. The van der Waals surface area contributed by atoms with Gasteiger partial charge in [-0.05, 0) is 31.2 Å². The Morgan fingerprint density at radius 3 is 2.64 bits per heavy atom. The highest BCUT2D eigenvalue weighted by Crippen LogP contribution is 2.27. The third-order valence-electron chi connectivity index (χ3n) is 3.77. The van der Waals surface area contributed by atoms with Gasteiger partial charge in [-0.3, -0.25) is 4.99 Å². The van der Waals surface area contributed by atoms with Gasteiger partial charge in [0.05, 0.1) is 6.54 Å². The first-order valence-electron chi connectivity index (χ1n) is 8.50. The number of aryl methyl sites for hydroxylation is 1. The number of nitrogens with zero attached hydrogens (tertiary/aromatic N) is 4. The van der Waals surface area contributed by atoms with Gasteiger partial charge in [-0.2, -0.15) is 0 Å². The summed E-state index contributed by atoms with van der Waals surface area (Å²) in [5.74, 6) is 0.895. The molecule has 2 aromatic rings. The number of unbranched alkanes of at least 4 members (excludes halogenated alkanes) is 1. The fourth-order valence-corrected chi connectivity index (χ4v) is 3.17. The van der Waals surface area contributed by atoms with Crippen LogP contribution in [0.25, 0.3) is 0 Å². The molecule has 0 aromatic carbocycles. The first kappa shape index (κ1) is 21.9. The molecule has 0 saturated carbocycles. The second-order valence-electron chi connectivity index (χ2n) is 6.39. The van der Waals surface area contributed by atoms with E-state index in [9.17, 15) is 0 Å². The van der Waals surface area contributed by atoms with Crippen LogP contribution in [0.5, 0.6) is 0 Å². The summed E-state index contributed by atoms with van der Waals surface area (Å²) >= 11 is 1.80. The van der Waals surface area contributed by atoms with E-state index in [1.54, 1.807) is 24.0 Å². The summed E-state index contributed by atoms with van der Waals surface area (Å²) in [6.45, 7) is 10.1. The number of aromatic nitrogens is 3. The third-order valence-corrected chi connectivity index (χ3v) is 5.00. The lowest BCUT2D eigenvalue weighted by atomic mass is 9.92. The topological polar surface area (TPSA) is 67.1 Å². The van der Waals surface area contributed by atoms with Crippen LogP contribution in [0.15, 0.2) is 35.2 Å². The van der Waals surface area contributed by atoms with Crippen molar-refractivity contribution in [3.05, 3.63) is 35.0 Å². The number of halogens is 1. The largest absolute Gasteiger partial charge is 0.357 e. The Hall–Kier alpha value is -1.16. The molecule has 140 valence electrons. The third kappa shape index (κ3) is 7.72. The van der Waals surface area contributed by atoms with E-state index < -0.39 is 0 Å². The molecule has 0 aliphatic heterocycles. The molecule has 0 atom stereocenters. The van der Waals surface area contributed by atoms with E-state index in [-0.39, 0.29) is 29.4 Å². The standard InChI is InChI=1S/C17H28N6S.HI/c1-4-18-16(19-9-5-6-10-23-13-21-22-14-23)20-12-17(2,3)15-8-7-11-24-15;/h7-8,11,13-14H,4-6,9-10,12H2,1-3H3,(H2,18,19,20);1H. The van der Waals surface area contributed by atoms with Gasteiger partial charge in [0.2, 0.25) is 0 Å². The Kier molecular flexibility index (Phi) is 10.0. The lowest BCUT2D eigenvalue weighted by Gasteiger charge is -2.21. The summed E-state index contributed by atoms with van der Waals surface area (Å²) in [4.78, 5) is 6.14. The number of hydrogen-bond donors (Lipinski definition) is 2. The Labute approximate surface area is 171 Å². The monoisotopic (exact) mass is 476 g/mol. The van der Waals surface area contributed by atoms with Crippen molar-refractivity contribution in [3.63, 3.8) is 0 Å². The van der Waals surface area contributed by atoms with Crippen LogP contribution in [-0.4, -0.2) is 40.4 Å². The van der Waals surface area contributed by atoms with E-state index in [1.165, 1.54) is 4.88 Å². The molecule has 2 rings (SSSR count). The molecule has 0 fully saturated rings. The van der Waals surface area contributed by atoms with Gasteiger partial charge in [-0.25, -0.2) is 0 Å². The summed E-state index contributed by atoms with van der Waals surface area (Å²) in [5, 5.41) is 16.5. The highest BCUT2D eigenvalue weighted by molar-refractivity contribution is 14.0. The van der Waals surface area contributed by atoms with E-state index in [0.29, 0.717) is 0 Å². The van der Waals surface area contributed by atoms with Crippen molar-refractivity contribution in [2.75, 3.05) is 19.6 Å². The predicted molar refractivity (Wildman–Crippen MR) is 116 cm³/mol. The van der Waals surface area contributed by atoms with Gasteiger partial charge in [0.1, 0.15) is 12.7 Å². The fraction of sp³-hybridized carbons (Fsp3) is 0.588. The quantitative estimate of drug-likeness (QED) is 0.252. The molecule has 6 nitrogen and oxygen atoms in total. The Balaban J connectivity index is 0.00000312. The molecular weight excluding hydrogens is 447 g/mol. The Bertz CT molecular complexity index is 595. The average Bonchev–Trinajstić information content (AvgIpc) is 3.25. The molecule has 2 N–H and O–H groups in total. The van der Waals surface area contributed by atoms with E-state index in [4.69, 9.17) is 4.99 Å². The fourth-order valence-electron chi connectivity index (χ4n) is 2.32. The molecule has 0 amide bonds. The van der Waals surface area contributed by atoms with Crippen LogP contribution in [0.3, 0.4) is 0 Å². The Morgan fingerprint density at radius 1 is 1.24 bits per heavy atom. The number of nitrogens with one attached hydrogen (secondary N) is 2. The van der Waals surface area contributed by atoms with Crippen LogP contribution in [0.1, 0.15) is 38.5 Å². The van der Waals surface area contributed by atoms with Crippen molar-refractivity contribution in [1.29, 1.82) is 0 Å². The molecule has 0 aliphatic carbocycles. The normalized spacial score (nSPS) is 11.9. The molecule has 0 bridgehead atoms. The molecule has 2 heterocycles. The second-order valence-corrected chi connectivity index (χ2v) is 7.34. The zero-order valence-electron chi connectivity index (χ0n) is 15.2. The van der Waals surface area contributed by atoms with Gasteiger partial charge in [0, 0.05) is 29.9 Å². The molecule has 25 heavy (non-hydrogen) atoms. The van der Waals surface area contributed by atoms with Crippen LogP contribution in [0, 0.1) is 0 Å². The van der Waals surface area contributed by atoms with Crippen molar-refractivity contribution >= 4 is 41.3 Å². The first-order chi connectivity index (χ1) is 11.6. The van der Waals surface area contributed by atoms with Crippen molar-refractivity contribution in [3.8, 4) is 0 Å². The molecule has 2 aromatic heterocycles. The van der Waals surface area contributed by atoms with Gasteiger partial charge in [0.15, 0.2) is 5.96 Å². The van der Waals surface area contributed by atoms with E-state index in [2.05, 4.69) is 59.1 Å². The minimum absolute atomic E-state index is 0. The van der Waals surface area contributed by atoms with E-state index in [0.717, 1.165) is 45.0 Å². The number of aliphatic imine (C=N–C) groups is 1. The molecule has 0 aliphatic rings. The molecule has 0 saturated heterocycles. The number of thiophene rings is 1. The van der Waals surface area contributed by atoms with Crippen molar-refractivity contribution in [2.24, 2.45) is 4.99 Å². The summed E-state index contributed by atoms with van der Waals surface area (Å²) < 4.78 is 2.00. The van der Waals surface area contributed by atoms with Crippen molar-refractivity contribution < 1.29 is 0 Å². The predicted octanol–water partition coefficient (Wildman–Crippen LogP) is 3.27. The van der Waals surface area contributed by atoms with E-state index >= 15 is 0 Å². The zero-order valence-corrected chi connectivity index (χ0v) is 18.4. The van der Waals surface area contributed by atoms with Crippen LogP contribution < -0.4 is 10.6 Å². The van der Waals surface area contributed by atoms with Gasteiger partial charge < -0.3 is 15.2 Å². The summed E-state index contributed by atoms with van der Waals surface area (Å²) in [5.41, 5.74) is 0.0605. The second kappa shape index (κ2) is 11.5. The molecule has 0 spiro atoms. The lowest BCUT2D eigenvalue weighted by molar-refractivity contribution is 0.547. The van der Waals surface area contributed by atoms with Gasteiger partial charge >= 0.3 is 0 Å². The SMILES string of the molecule is CCNC(=NCC(C)(C)c1cccs1)NCCCCn1cnnc1.I. The van der Waals surface area contributed by atoms with Gasteiger partial charge in [-0.15, -0.1) is 45.5 Å². The highest BCUT2D eigenvalue weighted by atomic mass is 127. The number of rotatable bonds is 9. The van der Waals surface area contributed by atoms with E-state index in [1.807, 2.05) is 4.57 Å². The minimum atomic E-state index is 0. The van der Waals surface area contributed by atoms with Crippen LogP contribution in [0.4, 0.5) is 0 Å². The number of hydrogen-bond acceptors (Lipinski definition) is 4. The summed E-state index contributed by atoms with van der Waals surface area (Å²) in [6, 6.07) is 4.29. The van der Waals surface area contributed by atoms with Crippen molar-refractivity contribution in [1.82, 2.24) is 25.4 Å². The average molecular weight is 476 g/mol. The maximum atomic E-state index is 4.76. The van der Waals surface area contributed by atoms with Crippen molar-refractivity contribution in [2.45, 2.75) is 45.6 Å². The zero-order chi connectivity index (χ0) is 17.3. The first-order valence-corrected chi connectivity index (χ1v) is 9.38. The minimum Gasteiger partial charge on any atom is -0.357 e. The molecular formula is C17H29IN6S. The van der Waals surface area contributed by atoms with Gasteiger partial charge in [0.25, 0.3) is 0 Å². The number of guanidine groups is 1. The summed E-state index contributed by atoms with van der Waals surface area (Å²) in [6.07, 6.45) is 5.68. The van der Waals surface area contributed by atoms with Crippen LogP contribution in [-0.2, 0) is 12.0 Å². The smallest absolute Gasteiger partial charge is 0.191 e. The highest BCUT2D eigenvalue weighted by Gasteiger charge is 2.21.